The zero-order valence-electron chi connectivity index (χ0n) is 15.5. The number of nitrogens with zero attached hydrogens (tertiary/aromatic N) is 2. The molecule has 2 aromatic carbocycles. The number of para-hydroxylation sites is 1. The number of rotatable bonds is 6. The Morgan fingerprint density at radius 3 is 2.66 bits per heavy atom. The van der Waals surface area contributed by atoms with Crippen LogP contribution in [0.15, 0.2) is 53.3 Å². The summed E-state index contributed by atoms with van der Waals surface area (Å²) >= 11 is 0. The minimum Gasteiger partial charge on any atom is -0.484 e. The molecule has 3 aromatic rings. The Bertz CT molecular complexity index is 1080. The molecule has 0 radical (unpaired) electrons. The third-order valence-corrected chi connectivity index (χ3v) is 4.26. The lowest BCUT2D eigenvalue weighted by atomic mass is 10.2. The summed E-state index contributed by atoms with van der Waals surface area (Å²) in [7, 11) is 0. The highest BCUT2D eigenvalue weighted by molar-refractivity contribution is 5.78. The molecular formula is C20H18F3N3O3. The van der Waals surface area contributed by atoms with E-state index in [0.717, 1.165) is 12.1 Å². The van der Waals surface area contributed by atoms with Crippen molar-refractivity contribution in [1.82, 2.24) is 14.9 Å². The van der Waals surface area contributed by atoms with Crippen molar-refractivity contribution in [3.8, 4) is 5.75 Å². The van der Waals surface area contributed by atoms with E-state index in [9.17, 15) is 22.8 Å². The number of carbonyl (C=O) groups is 1. The lowest BCUT2D eigenvalue weighted by molar-refractivity contribution is -0.137. The SMILES string of the molecule is CCN(Cc1nc2ccccc2c(=O)[nH]1)C(=O)COc1cccc(C(F)(F)F)c1. The highest BCUT2D eigenvalue weighted by Crippen LogP contribution is 2.31. The van der Waals surface area contributed by atoms with Gasteiger partial charge in [-0.2, -0.15) is 13.2 Å². The molecule has 9 heteroatoms. The van der Waals surface area contributed by atoms with Gasteiger partial charge < -0.3 is 14.6 Å². The Kier molecular flexibility index (Phi) is 5.86. The second kappa shape index (κ2) is 8.34. The predicted molar refractivity (Wildman–Crippen MR) is 100 cm³/mol. The van der Waals surface area contributed by atoms with Crippen LogP contribution in [0.3, 0.4) is 0 Å². The maximum atomic E-state index is 12.8. The molecule has 1 heterocycles. The summed E-state index contributed by atoms with van der Waals surface area (Å²) in [5.41, 5.74) is -0.656. The molecule has 0 fully saturated rings. The molecule has 0 saturated heterocycles. The largest absolute Gasteiger partial charge is 0.484 e. The number of benzene rings is 2. The number of likely N-dealkylation sites (N-methyl/N-ethyl adjacent to an activating group) is 1. The second-order valence-electron chi connectivity index (χ2n) is 6.25. The number of carbonyl (C=O) groups excluding carboxylic acids is 1. The first-order chi connectivity index (χ1) is 13.8. The van der Waals surface area contributed by atoms with Gasteiger partial charge in [0.1, 0.15) is 11.6 Å². The highest BCUT2D eigenvalue weighted by atomic mass is 19.4. The third-order valence-electron chi connectivity index (χ3n) is 4.26. The van der Waals surface area contributed by atoms with Crippen molar-refractivity contribution in [2.45, 2.75) is 19.6 Å². The number of aromatic amines is 1. The molecule has 0 aliphatic rings. The average molecular weight is 405 g/mol. The monoisotopic (exact) mass is 405 g/mol. The van der Waals surface area contributed by atoms with E-state index in [1.807, 2.05) is 0 Å². The van der Waals surface area contributed by atoms with Crippen LogP contribution >= 0.6 is 0 Å². The van der Waals surface area contributed by atoms with Gasteiger partial charge in [-0.05, 0) is 37.3 Å². The van der Waals surface area contributed by atoms with Crippen LogP contribution in [0, 0.1) is 0 Å². The summed E-state index contributed by atoms with van der Waals surface area (Å²) in [6, 6.07) is 11.2. The van der Waals surface area contributed by atoms with E-state index in [1.165, 1.54) is 17.0 Å². The Morgan fingerprint density at radius 2 is 1.93 bits per heavy atom. The number of fused-ring (bicyclic) bond motifs is 1. The zero-order valence-corrected chi connectivity index (χ0v) is 15.5. The van der Waals surface area contributed by atoms with E-state index < -0.39 is 24.3 Å². The topological polar surface area (TPSA) is 75.3 Å². The minimum absolute atomic E-state index is 0.0430. The normalized spacial score (nSPS) is 11.4. The number of H-pyrrole nitrogens is 1. The van der Waals surface area contributed by atoms with Crippen LogP contribution in [0.5, 0.6) is 5.75 Å². The van der Waals surface area contributed by atoms with Crippen molar-refractivity contribution in [3.63, 3.8) is 0 Å². The minimum atomic E-state index is -4.49. The Balaban J connectivity index is 1.69. The van der Waals surface area contributed by atoms with Gasteiger partial charge in [0.2, 0.25) is 0 Å². The Hall–Kier alpha value is -3.36. The molecule has 1 amide bonds. The Labute approximate surface area is 163 Å². The van der Waals surface area contributed by atoms with Crippen LogP contribution in [0.1, 0.15) is 18.3 Å². The number of hydrogen-bond acceptors (Lipinski definition) is 4. The number of nitrogens with one attached hydrogen (secondary N) is 1. The Morgan fingerprint density at radius 1 is 1.17 bits per heavy atom. The van der Waals surface area contributed by atoms with Gasteiger partial charge in [-0.15, -0.1) is 0 Å². The molecule has 0 aliphatic carbocycles. The van der Waals surface area contributed by atoms with E-state index in [4.69, 9.17) is 4.74 Å². The first-order valence-corrected chi connectivity index (χ1v) is 8.83. The molecule has 152 valence electrons. The summed E-state index contributed by atoms with van der Waals surface area (Å²) < 4.78 is 43.5. The van der Waals surface area contributed by atoms with Gasteiger partial charge in [-0.25, -0.2) is 4.98 Å². The number of alkyl halides is 3. The zero-order chi connectivity index (χ0) is 21.0. The van der Waals surface area contributed by atoms with E-state index >= 15 is 0 Å². The first-order valence-electron chi connectivity index (χ1n) is 8.83. The molecule has 0 atom stereocenters. The standard InChI is InChI=1S/C20H18F3N3O3/c1-2-26(11-17-24-16-9-4-3-8-15(16)19(28)25-17)18(27)12-29-14-7-5-6-13(10-14)20(21,22)23/h3-10H,2,11-12H2,1H3,(H,24,25,28). The fraction of sp³-hybridized carbons (Fsp3) is 0.250. The van der Waals surface area contributed by atoms with Crippen molar-refractivity contribution in [3.05, 3.63) is 70.3 Å². The number of halogens is 3. The lowest BCUT2D eigenvalue weighted by Crippen LogP contribution is -2.35. The van der Waals surface area contributed by atoms with E-state index in [2.05, 4.69) is 9.97 Å². The van der Waals surface area contributed by atoms with Gasteiger partial charge in [0.05, 0.1) is 23.0 Å². The summed E-state index contributed by atoms with van der Waals surface area (Å²) in [5, 5.41) is 0.443. The van der Waals surface area contributed by atoms with Gasteiger partial charge in [-0.3, -0.25) is 9.59 Å². The molecule has 0 unspecified atom stereocenters. The second-order valence-corrected chi connectivity index (χ2v) is 6.25. The molecule has 6 nitrogen and oxygen atoms in total. The van der Waals surface area contributed by atoms with E-state index in [-0.39, 0.29) is 17.9 Å². The van der Waals surface area contributed by atoms with Crippen molar-refractivity contribution in [2.75, 3.05) is 13.2 Å². The van der Waals surface area contributed by atoms with Crippen LogP contribution < -0.4 is 10.3 Å². The molecule has 1 aromatic heterocycles. The molecule has 1 N–H and O–H groups in total. The predicted octanol–water partition coefficient (Wildman–Crippen LogP) is 3.37. The number of aromatic nitrogens is 2. The quantitative estimate of drug-likeness (QED) is 0.682. The van der Waals surface area contributed by atoms with Crippen LogP contribution in [0.4, 0.5) is 13.2 Å². The summed E-state index contributed by atoms with van der Waals surface area (Å²) in [6.07, 6.45) is -4.49. The molecule has 0 saturated carbocycles. The van der Waals surface area contributed by atoms with Crippen molar-refractivity contribution in [2.24, 2.45) is 0 Å². The van der Waals surface area contributed by atoms with Gasteiger partial charge in [0, 0.05) is 6.54 Å². The fourth-order valence-corrected chi connectivity index (χ4v) is 2.77. The molecule has 0 bridgehead atoms. The molecule has 0 spiro atoms. The van der Waals surface area contributed by atoms with E-state index in [1.54, 1.807) is 31.2 Å². The molecule has 3 rings (SSSR count). The smallest absolute Gasteiger partial charge is 0.416 e. The van der Waals surface area contributed by atoms with E-state index in [0.29, 0.717) is 23.3 Å². The van der Waals surface area contributed by atoms with Crippen molar-refractivity contribution >= 4 is 16.8 Å². The number of ether oxygens (including phenoxy) is 1. The maximum Gasteiger partial charge on any atom is 0.416 e. The molecule has 0 aliphatic heterocycles. The maximum absolute atomic E-state index is 12.8. The van der Waals surface area contributed by atoms with Crippen LogP contribution in [-0.2, 0) is 17.5 Å². The number of hydrogen-bond donors (Lipinski definition) is 1. The van der Waals surface area contributed by atoms with Gasteiger partial charge >= 0.3 is 6.18 Å². The van der Waals surface area contributed by atoms with Crippen molar-refractivity contribution in [1.29, 1.82) is 0 Å². The average Bonchev–Trinajstić information content (AvgIpc) is 2.70. The molecule has 29 heavy (non-hydrogen) atoms. The fourth-order valence-electron chi connectivity index (χ4n) is 2.77. The van der Waals surface area contributed by atoms with Gasteiger partial charge in [0.25, 0.3) is 11.5 Å². The molecular weight excluding hydrogens is 387 g/mol. The van der Waals surface area contributed by atoms with Crippen LogP contribution in [-0.4, -0.2) is 33.9 Å². The highest BCUT2D eigenvalue weighted by Gasteiger charge is 2.30. The summed E-state index contributed by atoms with van der Waals surface area (Å²) in [5.74, 6) is -0.190. The van der Waals surface area contributed by atoms with Crippen LogP contribution in [0.25, 0.3) is 10.9 Å². The van der Waals surface area contributed by atoms with Gasteiger partial charge in [0.15, 0.2) is 6.61 Å². The van der Waals surface area contributed by atoms with Crippen molar-refractivity contribution < 1.29 is 22.7 Å². The third kappa shape index (κ3) is 4.92. The van der Waals surface area contributed by atoms with Crippen LogP contribution in [0.2, 0.25) is 0 Å². The number of amides is 1. The summed E-state index contributed by atoms with van der Waals surface area (Å²) in [6.45, 7) is 1.65. The first kappa shape index (κ1) is 20.4. The lowest BCUT2D eigenvalue weighted by Gasteiger charge is -2.20. The van der Waals surface area contributed by atoms with Gasteiger partial charge in [-0.1, -0.05) is 18.2 Å². The summed E-state index contributed by atoms with van der Waals surface area (Å²) in [4.78, 5) is 33.0.